The van der Waals surface area contributed by atoms with Crippen molar-refractivity contribution in [1.82, 2.24) is 4.98 Å². The smallest absolute Gasteiger partial charge is 0.256 e. The fraction of sp³-hybridized carbons (Fsp3) is 0.333. The van der Waals surface area contributed by atoms with E-state index in [1.54, 1.807) is 0 Å². The van der Waals surface area contributed by atoms with Gasteiger partial charge in [0.25, 0.3) is 5.91 Å². The van der Waals surface area contributed by atoms with Gasteiger partial charge < -0.3 is 10.4 Å². The van der Waals surface area contributed by atoms with Crippen LogP contribution < -0.4 is 5.32 Å². The van der Waals surface area contributed by atoms with Crippen LogP contribution in [0.5, 0.6) is 0 Å². The Labute approximate surface area is 165 Å². The van der Waals surface area contributed by atoms with Gasteiger partial charge in [0.05, 0.1) is 27.5 Å². The van der Waals surface area contributed by atoms with Crippen molar-refractivity contribution >= 4 is 33.2 Å². The standard InChI is InChI=1S/C18H17ClF2N2O4S/c19-13-6-1-10(18(25)23-17-8-14(20)15(21)9-22-17)7-16(13)28(26,27)12-4-2-11(24)3-5-12/h1,6-9,11-12,24H,2-5H2,(H,22,23,25)/t11-,12-. The van der Waals surface area contributed by atoms with E-state index in [0.29, 0.717) is 37.9 Å². The highest BCUT2D eigenvalue weighted by Crippen LogP contribution is 2.33. The molecule has 0 spiro atoms. The van der Waals surface area contributed by atoms with Crippen molar-refractivity contribution in [3.8, 4) is 0 Å². The average molecular weight is 431 g/mol. The summed E-state index contributed by atoms with van der Waals surface area (Å²) < 4.78 is 52.1. The predicted molar refractivity (Wildman–Crippen MR) is 99.0 cm³/mol. The van der Waals surface area contributed by atoms with Gasteiger partial charge in [-0.1, -0.05) is 11.6 Å². The summed E-state index contributed by atoms with van der Waals surface area (Å²) >= 11 is 6.07. The number of rotatable bonds is 4. The molecule has 1 aliphatic carbocycles. The maximum absolute atomic E-state index is 13.3. The summed E-state index contributed by atoms with van der Waals surface area (Å²) in [6.45, 7) is 0. The fourth-order valence-corrected chi connectivity index (χ4v) is 5.39. The van der Waals surface area contributed by atoms with Crippen LogP contribution in [-0.2, 0) is 9.84 Å². The SMILES string of the molecule is O=C(Nc1cc(F)c(F)cn1)c1ccc(Cl)c(S(=O)(=O)[C@H]2CC[C@H](O)CC2)c1. The normalized spacial score (nSPS) is 20.0. The zero-order valence-electron chi connectivity index (χ0n) is 14.5. The summed E-state index contributed by atoms with van der Waals surface area (Å²) in [4.78, 5) is 15.8. The first-order chi connectivity index (χ1) is 13.2. The Morgan fingerprint density at radius 3 is 2.46 bits per heavy atom. The lowest BCUT2D eigenvalue weighted by Gasteiger charge is -2.25. The number of halogens is 3. The number of carbonyl (C=O) groups excluding carboxylic acids is 1. The van der Waals surface area contributed by atoms with Gasteiger partial charge in [-0.3, -0.25) is 4.79 Å². The van der Waals surface area contributed by atoms with Gasteiger partial charge in [-0.25, -0.2) is 22.2 Å². The monoisotopic (exact) mass is 430 g/mol. The number of aromatic nitrogens is 1. The highest BCUT2D eigenvalue weighted by atomic mass is 35.5. The first kappa shape index (κ1) is 20.6. The Morgan fingerprint density at radius 1 is 1.14 bits per heavy atom. The summed E-state index contributed by atoms with van der Waals surface area (Å²) in [5.41, 5.74) is -0.0228. The number of carbonyl (C=O) groups is 1. The number of pyridine rings is 1. The Bertz CT molecular complexity index is 1010. The maximum Gasteiger partial charge on any atom is 0.256 e. The molecule has 2 N–H and O–H groups in total. The summed E-state index contributed by atoms with van der Waals surface area (Å²) in [6.07, 6.45) is 1.47. The lowest BCUT2D eigenvalue weighted by atomic mass is 9.97. The number of amides is 1. The van der Waals surface area contributed by atoms with E-state index in [4.69, 9.17) is 11.6 Å². The minimum Gasteiger partial charge on any atom is -0.393 e. The highest BCUT2D eigenvalue weighted by Gasteiger charge is 2.33. The fourth-order valence-electron chi connectivity index (χ4n) is 3.07. The number of hydrogen-bond acceptors (Lipinski definition) is 5. The molecule has 0 aliphatic heterocycles. The van der Waals surface area contributed by atoms with Crippen LogP contribution in [0.15, 0.2) is 35.4 Å². The summed E-state index contributed by atoms with van der Waals surface area (Å²) in [5, 5.41) is 11.1. The van der Waals surface area contributed by atoms with Gasteiger partial charge in [0.2, 0.25) is 0 Å². The van der Waals surface area contributed by atoms with Crippen molar-refractivity contribution in [3.05, 3.63) is 52.7 Å². The third-order valence-corrected chi connectivity index (χ3v) is 7.37. The molecule has 3 rings (SSSR count). The van der Waals surface area contributed by atoms with Crippen LogP contribution in [0.4, 0.5) is 14.6 Å². The van der Waals surface area contributed by atoms with Crippen LogP contribution in [0.3, 0.4) is 0 Å². The molecule has 2 aromatic rings. The molecule has 1 amide bonds. The van der Waals surface area contributed by atoms with Gasteiger partial charge in [-0.2, -0.15) is 0 Å². The maximum atomic E-state index is 13.3. The van der Waals surface area contributed by atoms with Crippen LogP contribution >= 0.6 is 11.6 Å². The van der Waals surface area contributed by atoms with Crippen molar-refractivity contribution in [3.63, 3.8) is 0 Å². The molecule has 1 fully saturated rings. The number of benzene rings is 1. The topological polar surface area (TPSA) is 96.4 Å². The van der Waals surface area contributed by atoms with E-state index in [9.17, 15) is 27.1 Å². The third-order valence-electron chi connectivity index (χ3n) is 4.63. The van der Waals surface area contributed by atoms with Crippen LogP contribution in [0, 0.1) is 11.6 Å². The predicted octanol–water partition coefficient (Wildman–Crippen LogP) is 3.34. The van der Waals surface area contributed by atoms with Crippen LogP contribution in [0.25, 0.3) is 0 Å². The molecule has 0 unspecified atom stereocenters. The lowest BCUT2D eigenvalue weighted by molar-refractivity contribution is 0.102. The molecule has 0 saturated heterocycles. The van der Waals surface area contributed by atoms with E-state index in [0.717, 1.165) is 6.07 Å². The number of nitrogens with one attached hydrogen (secondary N) is 1. The van der Waals surface area contributed by atoms with Crippen molar-refractivity contribution in [2.24, 2.45) is 0 Å². The van der Waals surface area contributed by atoms with Crippen LogP contribution in [0.1, 0.15) is 36.0 Å². The number of aliphatic hydroxyl groups excluding tert-OH is 1. The number of hydrogen-bond donors (Lipinski definition) is 2. The van der Waals surface area contributed by atoms with Gasteiger partial charge in [0.1, 0.15) is 5.82 Å². The molecule has 1 heterocycles. The van der Waals surface area contributed by atoms with Gasteiger partial charge in [-0.15, -0.1) is 0 Å². The Morgan fingerprint density at radius 2 is 1.82 bits per heavy atom. The molecule has 150 valence electrons. The van der Waals surface area contributed by atoms with E-state index in [2.05, 4.69) is 10.3 Å². The molecule has 28 heavy (non-hydrogen) atoms. The first-order valence-corrected chi connectivity index (χ1v) is 10.4. The average Bonchev–Trinajstić information content (AvgIpc) is 2.65. The highest BCUT2D eigenvalue weighted by molar-refractivity contribution is 7.92. The van der Waals surface area contributed by atoms with E-state index < -0.39 is 38.7 Å². The van der Waals surface area contributed by atoms with E-state index in [1.807, 2.05) is 0 Å². The molecule has 1 aromatic heterocycles. The Kier molecular flexibility index (Phi) is 5.97. The van der Waals surface area contributed by atoms with Crippen molar-refractivity contribution in [1.29, 1.82) is 0 Å². The van der Waals surface area contributed by atoms with E-state index in [1.165, 1.54) is 12.1 Å². The van der Waals surface area contributed by atoms with Gasteiger partial charge >= 0.3 is 0 Å². The summed E-state index contributed by atoms with van der Waals surface area (Å²) in [5.74, 6) is -3.30. The quantitative estimate of drug-likeness (QED) is 0.775. The zero-order chi connectivity index (χ0) is 20.5. The van der Waals surface area contributed by atoms with E-state index in [-0.39, 0.29) is 21.3 Å². The minimum atomic E-state index is -3.81. The summed E-state index contributed by atoms with van der Waals surface area (Å²) in [6, 6.07) is 4.48. The van der Waals surface area contributed by atoms with Crippen molar-refractivity contribution in [2.45, 2.75) is 41.9 Å². The zero-order valence-corrected chi connectivity index (χ0v) is 16.1. The first-order valence-electron chi connectivity index (χ1n) is 8.52. The third kappa shape index (κ3) is 4.31. The van der Waals surface area contributed by atoms with Gasteiger partial charge in [0.15, 0.2) is 21.5 Å². The molecule has 0 bridgehead atoms. The van der Waals surface area contributed by atoms with Gasteiger partial charge in [-0.05, 0) is 43.9 Å². The molecule has 1 aromatic carbocycles. The van der Waals surface area contributed by atoms with Crippen molar-refractivity contribution in [2.75, 3.05) is 5.32 Å². The Balaban J connectivity index is 1.86. The largest absolute Gasteiger partial charge is 0.393 e. The lowest BCUT2D eigenvalue weighted by Crippen LogP contribution is -2.29. The molecule has 10 heteroatoms. The molecule has 0 atom stereocenters. The van der Waals surface area contributed by atoms with Gasteiger partial charge in [0, 0.05) is 11.6 Å². The second-order valence-corrected chi connectivity index (χ2v) is 9.16. The molecule has 6 nitrogen and oxygen atoms in total. The molecule has 0 radical (unpaired) electrons. The summed E-state index contributed by atoms with van der Waals surface area (Å²) in [7, 11) is -3.81. The molecule has 1 saturated carbocycles. The number of anilines is 1. The second-order valence-electron chi connectivity index (χ2n) is 6.56. The van der Waals surface area contributed by atoms with E-state index >= 15 is 0 Å². The van der Waals surface area contributed by atoms with Crippen LogP contribution in [-0.4, -0.2) is 35.8 Å². The number of aliphatic hydroxyl groups is 1. The molecule has 1 aliphatic rings. The molecular weight excluding hydrogens is 414 g/mol. The number of nitrogens with zero attached hydrogens (tertiary/aromatic N) is 1. The Hall–Kier alpha value is -2.10. The van der Waals surface area contributed by atoms with Crippen LogP contribution in [0.2, 0.25) is 5.02 Å². The number of sulfone groups is 1. The minimum absolute atomic E-state index is 0.0198. The van der Waals surface area contributed by atoms with Crippen molar-refractivity contribution < 1.29 is 27.1 Å². The molecular formula is C18H17ClF2N2O4S. The second kappa shape index (κ2) is 8.10.